The van der Waals surface area contributed by atoms with Crippen molar-refractivity contribution in [1.29, 1.82) is 0 Å². The number of aryl methyl sites for hydroxylation is 2. The fourth-order valence-electron chi connectivity index (χ4n) is 2.60. The zero-order chi connectivity index (χ0) is 19.5. The highest BCUT2D eigenvalue weighted by Crippen LogP contribution is 2.10. The molecule has 3 N–H and O–H groups in total. The number of hydrogen-bond acceptors (Lipinski definition) is 3. The maximum absolute atomic E-state index is 12.0. The molecule has 0 fully saturated rings. The first-order valence-corrected chi connectivity index (χ1v) is 9.43. The van der Waals surface area contributed by atoms with E-state index < -0.39 is 0 Å². The number of benzene rings is 1. The van der Waals surface area contributed by atoms with Gasteiger partial charge < -0.3 is 16.0 Å². The molecule has 6 heteroatoms. The molecule has 0 atom stereocenters. The number of amides is 1. The molecule has 6 nitrogen and oxygen atoms in total. The molecule has 0 aliphatic heterocycles. The lowest BCUT2D eigenvalue weighted by molar-refractivity contribution is -0.116. The molecule has 2 rings (SSSR count). The Morgan fingerprint density at radius 1 is 1.07 bits per heavy atom. The molecule has 1 aromatic carbocycles. The van der Waals surface area contributed by atoms with Crippen LogP contribution in [0.5, 0.6) is 0 Å². The van der Waals surface area contributed by atoms with Gasteiger partial charge >= 0.3 is 0 Å². The normalized spacial score (nSPS) is 11.1. The van der Waals surface area contributed by atoms with Crippen LogP contribution in [0.15, 0.2) is 47.6 Å². The fraction of sp³-hybridized carbons (Fsp3) is 0.381. The standard InChI is InChI=1S/C21H29N5O/c1-4-17-8-6-7-9-18(17)15-25-21(22-5-2)23-13-12-20(27)26-19-11-10-16(3)14-24-19/h6-11,14H,4-5,12-13,15H2,1-3H3,(H2,22,23,25)(H,24,26,27). The monoisotopic (exact) mass is 367 g/mol. The second-order valence-corrected chi connectivity index (χ2v) is 6.26. The quantitative estimate of drug-likeness (QED) is 0.495. The van der Waals surface area contributed by atoms with Crippen LogP contribution in [0.3, 0.4) is 0 Å². The van der Waals surface area contributed by atoms with Crippen LogP contribution in [0.4, 0.5) is 5.82 Å². The minimum absolute atomic E-state index is 0.0777. The maximum atomic E-state index is 12.0. The van der Waals surface area contributed by atoms with Crippen LogP contribution in [0.1, 0.15) is 37.0 Å². The first kappa shape index (κ1) is 20.4. The van der Waals surface area contributed by atoms with Gasteiger partial charge in [-0.1, -0.05) is 37.3 Å². The van der Waals surface area contributed by atoms with E-state index in [1.54, 1.807) is 12.3 Å². The molecule has 0 unspecified atom stereocenters. The van der Waals surface area contributed by atoms with Crippen molar-refractivity contribution in [3.8, 4) is 0 Å². The number of hydrogen-bond donors (Lipinski definition) is 3. The smallest absolute Gasteiger partial charge is 0.227 e. The number of guanidine groups is 1. The van der Waals surface area contributed by atoms with Gasteiger partial charge in [0.1, 0.15) is 5.82 Å². The molecule has 0 saturated carbocycles. The largest absolute Gasteiger partial charge is 0.357 e. The second kappa shape index (κ2) is 11.0. The van der Waals surface area contributed by atoms with E-state index in [-0.39, 0.29) is 5.91 Å². The number of nitrogens with zero attached hydrogens (tertiary/aromatic N) is 2. The molecule has 0 saturated heterocycles. The van der Waals surface area contributed by atoms with Gasteiger partial charge in [-0.3, -0.25) is 4.79 Å². The zero-order valence-electron chi connectivity index (χ0n) is 16.4. The van der Waals surface area contributed by atoms with Crippen molar-refractivity contribution in [2.75, 3.05) is 18.4 Å². The van der Waals surface area contributed by atoms with Crippen molar-refractivity contribution in [2.45, 2.75) is 40.2 Å². The predicted molar refractivity (Wildman–Crippen MR) is 111 cm³/mol. The SMILES string of the molecule is CCNC(=NCc1ccccc1CC)NCCC(=O)Nc1ccc(C)cn1. The number of aromatic nitrogens is 1. The van der Waals surface area contributed by atoms with Crippen molar-refractivity contribution in [2.24, 2.45) is 4.99 Å². The first-order chi connectivity index (χ1) is 13.1. The van der Waals surface area contributed by atoms with Crippen molar-refractivity contribution >= 4 is 17.7 Å². The molecule has 0 spiro atoms. The van der Waals surface area contributed by atoms with Gasteiger partial charge in [0.2, 0.25) is 5.91 Å². The van der Waals surface area contributed by atoms with Crippen LogP contribution in [0.2, 0.25) is 0 Å². The number of carbonyl (C=O) groups excluding carboxylic acids is 1. The Hall–Kier alpha value is -2.89. The van der Waals surface area contributed by atoms with Gasteiger partial charge in [0, 0.05) is 25.7 Å². The summed E-state index contributed by atoms with van der Waals surface area (Å²) in [5.41, 5.74) is 3.59. The summed E-state index contributed by atoms with van der Waals surface area (Å²) in [5.74, 6) is 1.21. The third kappa shape index (κ3) is 7.09. The molecule has 0 aliphatic carbocycles. The number of pyridine rings is 1. The Morgan fingerprint density at radius 2 is 1.85 bits per heavy atom. The van der Waals surface area contributed by atoms with Crippen LogP contribution in [0, 0.1) is 6.92 Å². The summed E-state index contributed by atoms with van der Waals surface area (Å²) in [7, 11) is 0. The Morgan fingerprint density at radius 3 is 2.52 bits per heavy atom. The summed E-state index contributed by atoms with van der Waals surface area (Å²) in [6.45, 7) is 8.00. The highest BCUT2D eigenvalue weighted by Gasteiger charge is 2.05. The van der Waals surface area contributed by atoms with Gasteiger partial charge in [-0.05, 0) is 43.0 Å². The van der Waals surface area contributed by atoms with Crippen LogP contribution in [-0.2, 0) is 17.8 Å². The third-order valence-corrected chi connectivity index (χ3v) is 4.07. The predicted octanol–water partition coefficient (Wildman–Crippen LogP) is 3.04. The molecule has 144 valence electrons. The van der Waals surface area contributed by atoms with E-state index in [1.165, 1.54) is 11.1 Å². The Kier molecular flexibility index (Phi) is 8.29. The van der Waals surface area contributed by atoms with Gasteiger partial charge in [0.25, 0.3) is 0 Å². The number of carbonyl (C=O) groups is 1. The highest BCUT2D eigenvalue weighted by molar-refractivity contribution is 5.90. The summed E-state index contributed by atoms with van der Waals surface area (Å²) in [4.78, 5) is 20.9. The van der Waals surface area contributed by atoms with E-state index in [0.717, 1.165) is 18.5 Å². The van der Waals surface area contributed by atoms with Crippen LogP contribution in [0.25, 0.3) is 0 Å². The molecule has 2 aromatic rings. The van der Waals surface area contributed by atoms with Crippen LogP contribution in [-0.4, -0.2) is 29.9 Å². The average Bonchev–Trinajstić information content (AvgIpc) is 2.68. The Labute approximate surface area is 161 Å². The first-order valence-electron chi connectivity index (χ1n) is 9.43. The summed E-state index contributed by atoms with van der Waals surface area (Å²) in [6, 6.07) is 12.1. The van der Waals surface area contributed by atoms with Gasteiger partial charge in [0.15, 0.2) is 5.96 Å². The minimum Gasteiger partial charge on any atom is -0.357 e. The van der Waals surface area contributed by atoms with Crippen LogP contribution < -0.4 is 16.0 Å². The number of nitrogens with one attached hydrogen (secondary N) is 3. The number of aliphatic imine (C=N–C) groups is 1. The topological polar surface area (TPSA) is 78.4 Å². The fourth-order valence-corrected chi connectivity index (χ4v) is 2.60. The van der Waals surface area contributed by atoms with Crippen molar-refractivity contribution < 1.29 is 4.79 Å². The summed E-state index contributed by atoms with van der Waals surface area (Å²) in [5, 5.41) is 9.22. The molecule has 1 aromatic heterocycles. The summed E-state index contributed by atoms with van der Waals surface area (Å²) < 4.78 is 0. The van der Waals surface area contributed by atoms with Gasteiger partial charge in [-0.2, -0.15) is 0 Å². The molecular weight excluding hydrogens is 338 g/mol. The molecule has 1 heterocycles. The molecule has 0 aliphatic rings. The third-order valence-electron chi connectivity index (χ3n) is 4.07. The lowest BCUT2D eigenvalue weighted by Gasteiger charge is -2.12. The van der Waals surface area contributed by atoms with Gasteiger partial charge in [-0.25, -0.2) is 9.98 Å². The molecule has 0 radical (unpaired) electrons. The van der Waals surface area contributed by atoms with E-state index in [1.807, 2.05) is 26.0 Å². The van der Waals surface area contributed by atoms with Crippen molar-refractivity contribution in [3.63, 3.8) is 0 Å². The van der Waals surface area contributed by atoms with E-state index in [9.17, 15) is 4.79 Å². The maximum Gasteiger partial charge on any atom is 0.227 e. The molecule has 0 bridgehead atoms. The summed E-state index contributed by atoms with van der Waals surface area (Å²) in [6.07, 6.45) is 3.06. The van der Waals surface area contributed by atoms with E-state index in [2.05, 4.69) is 51.0 Å². The van der Waals surface area contributed by atoms with E-state index >= 15 is 0 Å². The van der Waals surface area contributed by atoms with Crippen LogP contribution >= 0.6 is 0 Å². The van der Waals surface area contributed by atoms with Crippen molar-refractivity contribution in [1.82, 2.24) is 15.6 Å². The molecular formula is C21H29N5O. The van der Waals surface area contributed by atoms with Gasteiger partial charge in [-0.15, -0.1) is 0 Å². The zero-order valence-corrected chi connectivity index (χ0v) is 16.4. The second-order valence-electron chi connectivity index (χ2n) is 6.26. The molecule has 1 amide bonds. The van der Waals surface area contributed by atoms with E-state index in [4.69, 9.17) is 0 Å². The minimum atomic E-state index is -0.0777. The number of rotatable bonds is 8. The highest BCUT2D eigenvalue weighted by atomic mass is 16.1. The lowest BCUT2D eigenvalue weighted by atomic mass is 10.1. The Balaban J connectivity index is 1.84. The van der Waals surface area contributed by atoms with Gasteiger partial charge in [0.05, 0.1) is 6.54 Å². The lowest BCUT2D eigenvalue weighted by Crippen LogP contribution is -2.38. The Bertz CT molecular complexity index is 755. The van der Waals surface area contributed by atoms with Crippen molar-refractivity contribution in [3.05, 3.63) is 59.3 Å². The average molecular weight is 367 g/mol. The number of anilines is 1. The van der Waals surface area contributed by atoms with E-state index in [0.29, 0.717) is 31.3 Å². The molecule has 27 heavy (non-hydrogen) atoms. The summed E-state index contributed by atoms with van der Waals surface area (Å²) >= 11 is 0.